The third-order valence-corrected chi connectivity index (χ3v) is 4.61. The van der Waals surface area contributed by atoms with Gasteiger partial charge in [-0.15, -0.1) is 0 Å². The Labute approximate surface area is 117 Å². The summed E-state index contributed by atoms with van der Waals surface area (Å²) in [6, 6.07) is 7.61. The maximum atomic E-state index is 12.1. The number of carboxylic acid groups (broad SMARTS) is 1. The van der Waals surface area contributed by atoms with E-state index in [9.17, 15) is 18.3 Å². The van der Waals surface area contributed by atoms with Gasteiger partial charge < -0.3 is 10.2 Å². The highest BCUT2D eigenvalue weighted by Gasteiger charge is 2.41. The third kappa shape index (κ3) is 3.24. The molecule has 1 aliphatic rings. The molecular formula is C13H15NO5S. The number of hydrogen-bond donors (Lipinski definition) is 2. The molecule has 2 rings (SSSR count). The van der Waals surface area contributed by atoms with Crippen molar-refractivity contribution in [1.29, 1.82) is 0 Å². The maximum absolute atomic E-state index is 12.1. The van der Waals surface area contributed by atoms with Crippen LogP contribution in [0.5, 0.6) is 0 Å². The van der Waals surface area contributed by atoms with Gasteiger partial charge in [0.15, 0.2) is 0 Å². The molecule has 108 valence electrons. The molecule has 2 N–H and O–H groups in total. The highest BCUT2D eigenvalue weighted by molar-refractivity contribution is 7.92. The number of aliphatic hydroxyl groups excluding tert-OH is 1. The number of aliphatic carboxylic acids is 1. The number of benzene rings is 1. The fourth-order valence-corrected chi connectivity index (χ4v) is 3.49. The molecule has 2 atom stereocenters. The Hall–Kier alpha value is -1.70. The molecule has 0 aliphatic carbocycles. The second-order valence-corrected chi connectivity index (χ2v) is 6.34. The molecule has 1 aliphatic heterocycles. The Morgan fingerprint density at radius 2 is 1.95 bits per heavy atom. The summed E-state index contributed by atoms with van der Waals surface area (Å²) in [5, 5.41) is 19.5. The summed E-state index contributed by atoms with van der Waals surface area (Å²) in [7, 11) is -3.87. The summed E-state index contributed by atoms with van der Waals surface area (Å²) in [4.78, 5) is 11.0. The minimum Gasteiger partial charge on any atom is -0.480 e. The zero-order chi connectivity index (χ0) is 14.8. The first-order valence-electron chi connectivity index (χ1n) is 6.06. The van der Waals surface area contributed by atoms with Gasteiger partial charge in [0.25, 0.3) is 0 Å². The van der Waals surface area contributed by atoms with Gasteiger partial charge >= 0.3 is 5.97 Å². The second-order valence-electron chi connectivity index (χ2n) is 4.57. The summed E-state index contributed by atoms with van der Waals surface area (Å²) in [6.07, 6.45) is 0.364. The van der Waals surface area contributed by atoms with Gasteiger partial charge in [0.1, 0.15) is 6.04 Å². The summed E-state index contributed by atoms with van der Waals surface area (Å²) in [6.45, 7) is -0.196. The standard InChI is InChI=1S/C13H15NO5S/c15-11-8-12(13(16)17)14(9-11)20(18,19)7-6-10-4-2-1-3-5-10/h1-7,11-12,15H,8-9H2,(H,16,17)/t11-,12-/m1/s1. The Bertz CT molecular complexity index is 611. The summed E-state index contributed by atoms with van der Waals surface area (Å²) >= 11 is 0. The van der Waals surface area contributed by atoms with Gasteiger partial charge in [-0.25, -0.2) is 8.42 Å². The van der Waals surface area contributed by atoms with Crippen LogP contribution in [0.4, 0.5) is 0 Å². The first-order chi connectivity index (χ1) is 9.40. The van der Waals surface area contributed by atoms with E-state index in [0.29, 0.717) is 5.56 Å². The summed E-state index contributed by atoms with van der Waals surface area (Å²) in [5.74, 6) is -1.25. The third-order valence-electron chi connectivity index (χ3n) is 3.08. The van der Waals surface area contributed by atoms with E-state index in [1.807, 2.05) is 6.07 Å². The van der Waals surface area contributed by atoms with Gasteiger partial charge in [-0.05, 0) is 11.6 Å². The Morgan fingerprint density at radius 1 is 1.30 bits per heavy atom. The van der Waals surface area contributed by atoms with E-state index in [-0.39, 0.29) is 13.0 Å². The van der Waals surface area contributed by atoms with Crippen LogP contribution < -0.4 is 0 Å². The van der Waals surface area contributed by atoms with Crippen LogP contribution in [0.25, 0.3) is 6.08 Å². The van der Waals surface area contributed by atoms with Crippen molar-refractivity contribution in [2.75, 3.05) is 6.54 Å². The largest absolute Gasteiger partial charge is 0.480 e. The topological polar surface area (TPSA) is 94.9 Å². The van der Waals surface area contributed by atoms with E-state index in [1.54, 1.807) is 24.3 Å². The van der Waals surface area contributed by atoms with Gasteiger partial charge in [0, 0.05) is 18.4 Å². The molecule has 0 amide bonds. The van der Waals surface area contributed by atoms with Crippen molar-refractivity contribution in [2.45, 2.75) is 18.6 Å². The molecule has 1 heterocycles. The van der Waals surface area contributed by atoms with Crippen LogP contribution in [0.2, 0.25) is 0 Å². The first-order valence-corrected chi connectivity index (χ1v) is 7.56. The Morgan fingerprint density at radius 3 is 2.55 bits per heavy atom. The fourth-order valence-electron chi connectivity index (χ4n) is 2.10. The van der Waals surface area contributed by atoms with Crippen molar-refractivity contribution in [3.8, 4) is 0 Å². The number of nitrogens with zero attached hydrogens (tertiary/aromatic N) is 1. The molecule has 1 aromatic carbocycles. The molecule has 0 bridgehead atoms. The average molecular weight is 297 g/mol. The number of carbonyl (C=O) groups is 1. The zero-order valence-electron chi connectivity index (χ0n) is 10.6. The van der Waals surface area contributed by atoms with Gasteiger partial charge in [-0.1, -0.05) is 30.3 Å². The molecule has 7 heteroatoms. The van der Waals surface area contributed by atoms with Crippen molar-refractivity contribution in [3.05, 3.63) is 41.3 Å². The zero-order valence-corrected chi connectivity index (χ0v) is 11.4. The van der Waals surface area contributed by atoms with Crippen molar-refractivity contribution in [1.82, 2.24) is 4.31 Å². The number of hydrogen-bond acceptors (Lipinski definition) is 4. The van der Waals surface area contributed by atoms with Crippen molar-refractivity contribution < 1.29 is 23.4 Å². The van der Waals surface area contributed by atoms with Gasteiger partial charge in [-0.2, -0.15) is 4.31 Å². The lowest BCUT2D eigenvalue weighted by molar-refractivity contribution is -0.140. The van der Waals surface area contributed by atoms with E-state index >= 15 is 0 Å². The summed E-state index contributed by atoms with van der Waals surface area (Å²) < 4.78 is 25.1. The van der Waals surface area contributed by atoms with Gasteiger partial charge in [0.2, 0.25) is 10.0 Å². The maximum Gasteiger partial charge on any atom is 0.322 e. The Balaban J connectivity index is 2.22. The Kier molecular flexibility index (Phi) is 4.22. The van der Waals surface area contributed by atoms with Crippen LogP contribution in [0.1, 0.15) is 12.0 Å². The molecule has 0 spiro atoms. The molecule has 0 aromatic heterocycles. The number of β-amino-alcohol motifs (C(OH)–C–C–N with tert-alkyl or cyclic N) is 1. The molecule has 0 radical (unpaired) electrons. The normalized spacial score (nSPS) is 24.2. The fraction of sp³-hybridized carbons (Fsp3) is 0.308. The smallest absolute Gasteiger partial charge is 0.322 e. The van der Waals surface area contributed by atoms with Crippen LogP contribution in [0.15, 0.2) is 35.7 Å². The molecule has 1 saturated heterocycles. The number of rotatable bonds is 4. The van der Waals surface area contributed by atoms with Crippen molar-refractivity contribution >= 4 is 22.1 Å². The molecule has 1 fully saturated rings. The SMILES string of the molecule is O=C(O)[C@H]1C[C@@H](O)CN1S(=O)(=O)C=Cc1ccccc1. The molecule has 20 heavy (non-hydrogen) atoms. The number of sulfonamides is 1. The highest BCUT2D eigenvalue weighted by atomic mass is 32.2. The van der Waals surface area contributed by atoms with Crippen LogP contribution in [0.3, 0.4) is 0 Å². The van der Waals surface area contributed by atoms with Crippen molar-refractivity contribution in [3.63, 3.8) is 0 Å². The quantitative estimate of drug-likeness (QED) is 0.844. The molecule has 1 aromatic rings. The average Bonchev–Trinajstić information content (AvgIpc) is 2.81. The minimum absolute atomic E-state index is 0.0895. The lowest BCUT2D eigenvalue weighted by Crippen LogP contribution is -2.39. The van der Waals surface area contributed by atoms with E-state index in [4.69, 9.17) is 5.11 Å². The lowest BCUT2D eigenvalue weighted by Gasteiger charge is -2.18. The highest BCUT2D eigenvalue weighted by Crippen LogP contribution is 2.23. The molecule has 6 nitrogen and oxygen atoms in total. The van der Waals surface area contributed by atoms with Crippen molar-refractivity contribution in [2.24, 2.45) is 0 Å². The van der Waals surface area contributed by atoms with Gasteiger partial charge in [0.05, 0.1) is 6.10 Å². The predicted octanol–water partition coefficient (Wildman–Crippen LogP) is 0.507. The van der Waals surface area contributed by atoms with E-state index in [0.717, 1.165) is 9.71 Å². The van der Waals surface area contributed by atoms with Crippen LogP contribution in [0, 0.1) is 0 Å². The molecule has 0 unspecified atom stereocenters. The van der Waals surface area contributed by atoms with E-state index in [1.165, 1.54) is 6.08 Å². The number of carboxylic acids is 1. The lowest BCUT2D eigenvalue weighted by atomic mass is 10.2. The predicted molar refractivity (Wildman–Crippen MR) is 73.1 cm³/mol. The van der Waals surface area contributed by atoms with Crippen LogP contribution in [-0.4, -0.2) is 47.6 Å². The number of aliphatic hydroxyl groups is 1. The minimum atomic E-state index is -3.87. The van der Waals surface area contributed by atoms with E-state index in [2.05, 4.69) is 0 Å². The van der Waals surface area contributed by atoms with Crippen LogP contribution >= 0.6 is 0 Å². The molecule has 0 saturated carbocycles. The second kappa shape index (κ2) is 5.74. The summed E-state index contributed by atoms with van der Waals surface area (Å²) in [5.41, 5.74) is 0.697. The van der Waals surface area contributed by atoms with Gasteiger partial charge in [-0.3, -0.25) is 4.79 Å². The molecular weight excluding hydrogens is 282 g/mol. The first kappa shape index (κ1) is 14.7. The van der Waals surface area contributed by atoms with Crippen LogP contribution in [-0.2, 0) is 14.8 Å². The van der Waals surface area contributed by atoms with E-state index < -0.39 is 28.1 Å². The monoisotopic (exact) mass is 297 g/mol.